The number of piperazine rings is 1. The van der Waals surface area contributed by atoms with Crippen molar-refractivity contribution in [3.05, 3.63) is 75.7 Å². The molecule has 0 unspecified atom stereocenters. The summed E-state index contributed by atoms with van der Waals surface area (Å²) in [5, 5.41) is 8.28. The number of benzene rings is 2. The highest BCUT2D eigenvalue weighted by atomic mass is 35.5. The number of rotatable bonds is 12. The summed E-state index contributed by atoms with van der Waals surface area (Å²) >= 11 is 6.17. The molecule has 1 saturated heterocycles. The maximum Gasteiger partial charge on any atom is 0.316 e. The van der Waals surface area contributed by atoms with Crippen molar-refractivity contribution < 1.29 is 13.2 Å². The highest BCUT2D eigenvalue weighted by Crippen LogP contribution is 2.45. The van der Waals surface area contributed by atoms with Crippen LogP contribution >= 0.6 is 11.6 Å². The van der Waals surface area contributed by atoms with Gasteiger partial charge < -0.3 is 19.9 Å². The maximum absolute atomic E-state index is 13.6. The summed E-state index contributed by atoms with van der Waals surface area (Å²) in [7, 11) is 0.490. The second-order valence-electron chi connectivity index (χ2n) is 11.7. The average molecular weight is 615 g/mol. The molecule has 226 valence electrons. The fourth-order valence-corrected chi connectivity index (χ4v) is 6.58. The predicted molar refractivity (Wildman–Crippen MR) is 168 cm³/mol. The monoisotopic (exact) mass is 614 g/mol. The first kappa shape index (κ1) is 30.3. The van der Waals surface area contributed by atoms with E-state index in [1.54, 1.807) is 30.5 Å². The molecule has 42 heavy (non-hydrogen) atoms. The summed E-state index contributed by atoms with van der Waals surface area (Å²) in [4.78, 5) is 17.7. The lowest BCUT2D eigenvalue weighted by atomic mass is 10.2. The van der Waals surface area contributed by atoms with Crippen LogP contribution in [-0.2, 0) is 15.8 Å². The fourth-order valence-electron chi connectivity index (χ4n) is 4.89. The van der Waals surface area contributed by atoms with Crippen LogP contribution in [0.25, 0.3) is 5.69 Å². The Hall–Kier alpha value is -3.12. The SMILES string of the molecule is CN(C)CCNc1cccc(CS(=O)(=O)N2CCN(c3cnn(-c4cccc(Cl)c4)c(=O)c3OCC3(C)CC3)CC2)c1. The van der Waals surface area contributed by atoms with Crippen LogP contribution in [0, 0.1) is 5.41 Å². The van der Waals surface area contributed by atoms with Gasteiger partial charge >= 0.3 is 5.56 Å². The van der Waals surface area contributed by atoms with E-state index in [4.69, 9.17) is 16.3 Å². The van der Waals surface area contributed by atoms with Gasteiger partial charge in [-0.25, -0.2) is 8.42 Å². The minimum atomic E-state index is -3.53. The third kappa shape index (κ3) is 7.44. The van der Waals surface area contributed by atoms with Crippen molar-refractivity contribution in [1.82, 2.24) is 19.0 Å². The summed E-state index contributed by atoms with van der Waals surface area (Å²) in [5.41, 5.74) is 2.48. The van der Waals surface area contributed by atoms with Crippen molar-refractivity contribution in [3.8, 4) is 11.4 Å². The van der Waals surface area contributed by atoms with Crippen LogP contribution in [-0.4, -0.2) is 87.4 Å². The molecule has 1 aliphatic carbocycles. The highest BCUT2D eigenvalue weighted by Gasteiger charge is 2.39. The number of hydrogen-bond donors (Lipinski definition) is 1. The number of nitrogens with zero attached hydrogens (tertiary/aromatic N) is 5. The second-order valence-corrected chi connectivity index (χ2v) is 14.1. The zero-order chi connectivity index (χ0) is 29.9. The minimum absolute atomic E-state index is 0.0691. The Labute approximate surface area is 252 Å². The third-order valence-corrected chi connectivity index (χ3v) is 9.86. The van der Waals surface area contributed by atoms with Gasteiger partial charge in [0.1, 0.15) is 5.69 Å². The predicted octanol–water partition coefficient (Wildman–Crippen LogP) is 3.69. The van der Waals surface area contributed by atoms with Gasteiger partial charge in [-0.15, -0.1) is 0 Å². The normalized spacial score (nSPS) is 16.9. The van der Waals surface area contributed by atoms with E-state index in [9.17, 15) is 13.2 Å². The lowest BCUT2D eigenvalue weighted by Gasteiger charge is -2.35. The van der Waals surface area contributed by atoms with Crippen LogP contribution in [0.2, 0.25) is 5.02 Å². The molecule has 2 fully saturated rings. The van der Waals surface area contributed by atoms with Gasteiger partial charge in [0.05, 0.1) is 24.2 Å². The van der Waals surface area contributed by atoms with Gasteiger partial charge in [-0.3, -0.25) is 4.79 Å². The molecule has 2 aromatic carbocycles. The largest absolute Gasteiger partial charge is 0.486 e. The van der Waals surface area contributed by atoms with Crippen LogP contribution in [0.1, 0.15) is 25.3 Å². The fraction of sp³-hybridized carbons (Fsp3) is 0.467. The Balaban J connectivity index is 1.29. The van der Waals surface area contributed by atoms with Crippen molar-refractivity contribution in [3.63, 3.8) is 0 Å². The van der Waals surface area contributed by atoms with E-state index >= 15 is 0 Å². The van der Waals surface area contributed by atoms with Crippen LogP contribution in [0.15, 0.2) is 59.5 Å². The molecule has 0 spiro atoms. The van der Waals surface area contributed by atoms with E-state index in [1.807, 2.05) is 43.3 Å². The minimum Gasteiger partial charge on any atom is -0.486 e. The van der Waals surface area contributed by atoms with Gasteiger partial charge in [0.15, 0.2) is 0 Å². The molecular weight excluding hydrogens is 576 g/mol. The van der Waals surface area contributed by atoms with Gasteiger partial charge in [-0.2, -0.15) is 14.1 Å². The molecule has 10 nitrogen and oxygen atoms in total. The Morgan fingerprint density at radius 2 is 1.81 bits per heavy atom. The molecule has 5 rings (SSSR count). The summed E-state index contributed by atoms with van der Waals surface area (Å²) in [6, 6.07) is 14.5. The molecule has 1 N–H and O–H groups in total. The summed E-state index contributed by atoms with van der Waals surface area (Å²) in [5.74, 6) is 0.161. The quantitative estimate of drug-likeness (QED) is 0.330. The Bertz CT molecular complexity index is 1570. The van der Waals surface area contributed by atoms with E-state index in [-0.39, 0.29) is 22.5 Å². The molecule has 1 saturated carbocycles. The lowest BCUT2D eigenvalue weighted by molar-refractivity contribution is 0.242. The molecule has 3 aromatic rings. The summed E-state index contributed by atoms with van der Waals surface area (Å²) in [6.07, 6.45) is 3.74. The topological polar surface area (TPSA) is 100 Å². The van der Waals surface area contributed by atoms with E-state index < -0.39 is 10.0 Å². The van der Waals surface area contributed by atoms with Gasteiger partial charge in [-0.05, 0) is 62.8 Å². The van der Waals surface area contributed by atoms with E-state index in [1.165, 1.54) is 8.99 Å². The third-order valence-electron chi connectivity index (χ3n) is 7.77. The molecule has 0 radical (unpaired) electrons. The highest BCUT2D eigenvalue weighted by molar-refractivity contribution is 7.88. The number of halogens is 1. The van der Waals surface area contributed by atoms with Crippen LogP contribution < -0.4 is 20.5 Å². The van der Waals surface area contributed by atoms with E-state index in [0.29, 0.717) is 49.2 Å². The molecule has 0 atom stereocenters. The van der Waals surface area contributed by atoms with Crippen LogP contribution in [0.5, 0.6) is 5.75 Å². The van der Waals surface area contributed by atoms with Gasteiger partial charge in [0, 0.05) is 55.4 Å². The van der Waals surface area contributed by atoms with Crippen molar-refractivity contribution >= 4 is 33.0 Å². The molecule has 1 aromatic heterocycles. The molecule has 2 aliphatic rings. The molecule has 2 heterocycles. The lowest BCUT2D eigenvalue weighted by Crippen LogP contribution is -2.49. The first-order chi connectivity index (χ1) is 20.0. The number of aromatic nitrogens is 2. The van der Waals surface area contributed by atoms with Crippen molar-refractivity contribution in [1.29, 1.82) is 0 Å². The first-order valence-electron chi connectivity index (χ1n) is 14.2. The summed E-state index contributed by atoms with van der Waals surface area (Å²) in [6.45, 7) is 5.67. The van der Waals surface area contributed by atoms with Gasteiger partial charge in [0.25, 0.3) is 0 Å². The molecule has 12 heteroatoms. The number of likely N-dealkylation sites (N-methyl/N-ethyl adjacent to an activating group) is 1. The smallest absolute Gasteiger partial charge is 0.316 e. The second kappa shape index (κ2) is 12.6. The first-order valence-corrected chi connectivity index (χ1v) is 16.2. The van der Waals surface area contributed by atoms with Crippen molar-refractivity contribution in [2.24, 2.45) is 5.41 Å². The summed E-state index contributed by atoms with van der Waals surface area (Å²) < 4.78 is 35.7. The van der Waals surface area contributed by atoms with E-state index in [2.05, 4.69) is 22.2 Å². The van der Waals surface area contributed by atoms with Gasteiger partial charge in [-0.1, -0.05) is 36.7 Å². The zero-order valence-electron chi connectivity index (χ0n) is 24.4. The molecule has 0 amide bonds. The molecular formula is C30H39ClN6O4S. The van der Waals surface area contributed by atoms with Crippen LogP contribution in [0.4, 0.5) is 11.4 Å². The van der Waals surface area contributed by atoms with Gasteiger partial charge in [0.2, 0.25) is 15.8 Å². The Kier molecular flexibility index (Phi) is 9.12. The number of anilines is 2. The maximum atomic E-state index is 13.6. The Morgan fingerprint density at radius 3 is 2.50 bits per heavy atom. The standard InChI is InChI=1S/C30H39ClN6O4S/c1-30(10-11-30)22-41-28-27(20-33-37(29(28)38)26-9-5-7-24(31)19-26)35-14-16-36(17-15-35)42(39,40)21-23-6-4-8-25(18-23)32-12-13-34(2)3/h4-9,18-20,32H,10-17,21-22H2,1-3H3. The average Bonchev–Trinajstić information content (AvgIpc) is 3.69. The number of sulfonamides is 1. The van der Waals surface area contributed by atoms with Crippen LogP contribution in [0.3, 0.4) is 0 Å². The van der Waals surface area contributed by atoms with E-state index in [0.717, 1.165) is 37.2 Å². The zero-order valence-corrected chi connectivity index (χ0v) is 26.0. The van der Waals surface area contributed by atoms with Crippen molar-refractivity contribution in [2.75, 3.05) is 70.2 Å². The molecule has 1 aliphatic heterocycles. The number of nitrogens with one attached hydrogen (secondary N) is 1. The molecule has 0 bridgehead atoms. The van der Waals surface area contributed by atoms with Crippen molar-refractivity contribution in [2.45, 2.75) is 25.5 Å². The number of ether oxygens (including phenoxy) is 1. The Morgan fingerprint density at radius 1 is 1.07 bits per heavy atom. The number of hydrogen-bond acceptors (Lipinski definition) is 8.